The zero-order valence-electron chi connectivity index (χ0n) is 15.4. The summed E-state index contributed by atoms with van der Waals surface area (Å²) in [7, 11) is 1.54. The van der Waals surface area contributed by atoms with Crippen molar-refractivity contribution >= 4 is 34.2 Å². The molecule has 0 radical (unpaired) electrons. The number of rotatable bonds is 5. The molecule has 0 saturated heterocycles. The van der Waals surface area contributed by atoms with Crippen molar-refractivity contribution in [3.05, 3.63) is 33.5 Å². The molecule has 0 aliphatic heterocycles. The van der Waals surface area contributed by atoms with Crippen molar-refractivity contribution in [2.24, 2.45) is 7.05 Å². The van der Waals surface area contributed by atoms with Crippen LogP contribution >= 0.6 is 11.3 Å². The number of carbonyl (C=O) groups is 3. The minimum Gasteiger partial charge on any atom is -0.478 e. The Morgan fingerprint density at radius 3 is 2.67 bits per heavy atom. The molecule has 0 fully saturated rings. The average Bonchev–Trinajstić information content (AvgIpc) is 3.14. The van der Waals surface area contributed by atoms with Crippen LogP contribution in [0.25, 0.3) is 0 Å². The summed E-state index contributed by atoms with van der Waals surface area (Å²) in [5.41, 5.74) is 0.915. The number of carbonyl (C=O) groups excluding carboxylic acids is 2. The highest BCUT2D eigenvalue weighted by atomic mass is 32.1. The molecule has 8 nitrogen and oxygen atoms in total. The van der Waals surface area contributed by atoms with Crippen molar-refractivity contribution < 1.29 is 24.2 Å². The van der Waals surface area contributed by atoms with E-state index < -0.39 is 17.8 Å². The molecular formula is C18H21N3O5S. The maximum atomic E-state index is 12.7. The molecular weight excluding hydrogens is 370 g/mol. The normalized spacial score (nSPS) is 13.3. The van der Waals surface area contributed by atoms with Gasteiger partial charge in [0, 0.05) is 18.1 Å². The highest BCUT2D eigenvalue weighted by Crippen LogP contribution is 2.39. The molecule has 144 valence electrons. The molecule has 0 bridgehead atoms. The fraction of sp³-hybridized carbons (Fsp3) is 0.444. The summed E-state index contributed by atoms with van der Waals surface area (Å²) in [6, 6.07) is 0. The van der Waals surface area contributed by atoms with Crippen LogP contribution in [-0.4, -0.2) is 38.8 Å². The SMILES string of the molecule is CC(C)OC(=O)c1c(NC(=O)c2nn(C)cc2C(=O)O)sc2c1CCCC2. The summed E-state index contributed by atoms with van der Waals surface area (Å²) < 4.78 is 6.63. The van der Waals surface area contributed by atoms with Crippen LogP contribution in [0, 0.1) is 0 Å². The van der Waals surface area contributed by atoms with E-state index in [0.717, 1.165) is 36.1 Å². The number of nitrogens with one attached hydrogen (secondary N) is 1. The lowest BCUT2D eigenvalue weighted by Gasteiger charge is -2.14. The van der Waals surface area contributed by atoms with Gasteiger partial charge in [-0.25, -0.2) is 9.59 Å². The van der Waals surface area contributed by atoms with Gasteiger partial charge in [0.05, 0.1) is 11.7 Å². The third-order valence-corrected chi connectivity index (χ3v) is 5.43. The number of thiophene rings is 1. The smallest absolute Gasteiger partial charge is 0.341 e. The van der Waals surface area contributed by atoms with Gasteiger partial charge < -0.3 is 15.2 Å². The monoisotopic (exact) mass is 391 g/mol. The van der Waals surface area contributed by atoms with Gasteiger partial charge in [0.25, 0.3) is 5.91 Å². The van der Waals surface area contributed by atoms with Crippen molar-refractivity contribution in [3.63, 3.8) is 0 Å². The molecule has 0 saturated carbocycles. The third-order valence-electron chi connectivity index (χ3n) is 4.22. The fourth-order valence-electron chi connectivity index (χ4n) is 3.12. The molecule has 2 heterocycles. The van der Waals surface area contributed by atoms with E-state index in [4.69, 9.17) is 4.74 Å². The molecule has 0 spiro atoms. The summed E-state index contributed by atoms with van der Waals surface area (Å²) in [6.07, 6.45) is 4.60. The van der Waals surface area contributed by atoms with Crippen molar-refractivity contribution in [2.45, 2.75) is 45.6 Å². The second kappa shape index (κ2) is 7.51. The number of esters is 1. The number of carboxylic acid groups (broad SMARTS) is 1. The first kappa shape index (κ1) is 19.1. The van der Waals surface area contributed by atoms with Crippen LogP contribution in [0.15, 0.2) is 6.20 Å². The first-order valence-corrected chi connectivity index (χ1v) is 9.53. The lowest BCUT2D eigenvalue weighted by molar-refractivity contribution is 0.0378. The molecule has 9 heteroatoms. The highest BCUT2D eigenvalue weighted by molar-refractivity contribution is 7.17. The molecule has 2 aromatic heterocycles. The van der Waals surface area contributed by atoms with Crippen molar-refractivity contribution in [1.82, 2.24) is 9.78 Å². The predicted octanol–water partition coefficient (Wildman–Crippen LogP) is 2.88. The zero-order chi connectivity index (χ0) is 19.7. The van der Waals surface area contributed by atoms with Crippen LogP contribution in [0.2, 0.25) is 0 Å². The molecule has 3 rings (SSSR count). The lowest BCUT2D eigenvalue weighted by atomic mass is 9.95. The van der Waals surface area contributed by atoms with Gasteiger partial charge in [-0.1, -0.05) is 0 Å². The summed E-state index contributed by atoms with van der Waals surface area (Å²) in [5.74, 6) is -2.37. The highest BCUT2D eigenvalue weighted by Gasteiger charge is 2.29. The molecule has 2 N–H and O–H groups in total. The van der Waals surface area contributed by atoms with Crippen LogP contribution in [0.1, 0.15) is 68.3 Å². The number of carboxylic acids is 1. The minimum atomic E-state index is -1.24. The Labute approximate surface area is 160 Å². The zero-order valence-corrected chi connectivity index (χ0v) is 16.2. The number of nitrogens with zero attached hydrogens (tertiary/aromatic N) is 2. The first-order chi connectivity index (χ1) is 12.8. The van der Waals surface area contributed by atoms with E-state index in [0.29, 0.717) is 10.6 Å². The Hall–Kier alpha value is -2.68. The molecule has 27 heavy (non-hydrogen) atoms. The molecule has 1 aliphatic rings. The maximum absolute atomic E-state index is 12.7. The quantitative estimate of drug-likeness (QED) is 0.758. The fourth-order valence-corrected chi connectivity index (χ4v) is 4.39. The Morgan fingerprint density at radius 1 is 1.30 bits per heavy atom. The van der Waals surface area contributed by atoms with Crippen LogP contribution < -0.4 is 5.32 Å². The average molecular weight is 391 g/mol. The predicted molar refractivity (Wildman–Crippen MR) is 99.6 cm³/mol. The Balaban J connectivity index is 1.97. The summed E-state index contributed by atoms with van der Waals surface area (Å²) in [6.45, 7) is 3.53. The number of fused-ring (bicyclic) bond motifs is 1. The van der Waals surface area contributed by atoms with E-state index in [1.807, 2.05) is 0 Å². The number of aryl methyl sites for hydroxylation is 2. The van der Waals surface area contributed by atoms with Crippen molar-refractivity contribution in [1.29, 1.82) is 0 Å². The standard InChI is InChI=1S/C18H21N3O5S/c1-9(2)26-18(25)13-10-6-4-5-7-12(10)27-16(13)19-15(22)14-11(17(23)24)8-21(3)20-14/h8-9H,4-7H2,1-3H3,(H,19,22)(H,23,24). The van der Waals surface area contributed by atoms with Gasteiger partial charge in [0.15, 0.2) is 5.69 Å². The van der Waals surface area contributed by atoms with Crippen molar-refractivity contribution in [2.75, 3.05) is 5.32 Å². The minimum absolute atomic E-state index is 0.192. The van der Waals surface area contributed by atoms with Gasteiger partial charge in [0.1, 0.15) is 10.6 Å². The largest absolute Gasteiger partial charge is 0.478 e. The Kier molecular flexibility index (Phi) is 5.31. The first-order valence-electron chi connectivity index (χ1n) is 8.71. The molecule has 1 amide bonds. The van der Waals surface area contributed by atoms with Crippen molar-refractivity contribution in [3.8, 4) is 0 Å². The van der Waals surface area contributed by atoms with E-state index in [1.54, 1.807) is 20.9 Å². The second-order valence-corrected chi connectivity index (χ2v) is 7.80. The molecule has 1 aliphatic carbocycles. The Bertz CT molecular complexity index is 912. The van der Waals surface area contributed by atoms with E-state index in [1.165, 1.54) is 22.2 Å². The van der Waals surface area contributed by atoms with Gasteiger partial charge >= 0.3 is 11.9 Å². The van der Waals surface area contributed by atoms with Crippen LogP contribution in [0.4, 0.5) is 5.00 Å². The number of hydrogen-bond acceptors (Lipinski definition) is 6. The van der Waals surface area contributed by atoms with Gasteiger partial charge in [-0.15, -0.1) is 11.3 Å². The van der Waals surface area contributed by atoms with Crippen LogP contribution in [0.5, 0.6) is 0 Å². The number of aromatic carboxylic acids is 1. The maximum Gasteiger partial charge on any atom is 0.341 e. The van der Waals surface area contributed by atoms with E-state index in [2.05, 4.69) is 10.4 Å². The van der Waals surface area contributed by atoms with E-state index in [-0.39, 0.29) is 17.4 Å². The number of aromatic nitrogens is 2. The number of ether oxygens (including phenoxy) is 1. The lowest BCUT2D eigenvalue weighted by Crippen LogP contribution is -2.19. The van der Waals surface area contributed by atoms with Crippen LogP contribution in [-0.2, 0) is 24.6 Å². The van der Waals surface area contributed by atoms with E-state index in [9.17, 15) is 19.5 Å². The Morgan fingerprint density at radius 2 is 2.00 bits per heavy atom. The number of hydrogen-bond donors (Lipinski definition) is 2. The summed E-state index contributed by atoms with van der Waals surface area (Å²) in [4.78, 5) is 37.7. The molecule has 0 unspecified atom stereocenters. The molecule has 2 aromatic rings. The molecule has 0 aromatic carbocycles. The van der Waals surface area contributed by atoms with E-state index >= 15 is 0 Å². The van der Waals surface area contributed by atoms with Gasteiger partial charge in [0.2, 0.25) is 0 Å². The number of anilines is 1. The summed E-state index contributed by atoms with van der Waals surface area (Å²) >= 11 is 1.35. The van der Waals surface area contributed by atoms with Gasteiger partial charge in [-0.2, -0.15) is 5.10 Å². The topological polar surface area (TPSA) is 111 Å². The van der Waals surface area contributed by atoms with Crippen LogP contribution in [0.3, 0.4) is 0 Å². The van der Waals surface area contributed by atoms with Gasteiger partial charge in [-0.3, -0.25) is 9.48 Å². The van der Waals surface area contributed by atoms with Gasteiger partial charge in [-0.05, 0) is 45.1 Å². The second-order valence-electron chi connectivity index (χ2n) is 6.69. The molecule has 0 atom stereocenters. The number of amides is 1. The summed E-state index contributed by atoms with van der Waals surface area (Å²) in [5, 5.41) is 16.3. The third kappa shape index (κ3) is 3.87.